The van der Waals surface area contributed by atoms with Crippen LogP contribution in [0.5, 0.6) is 5.75 Å². The fourth-order valence-electron chi connectivity index (χ4n) is 2.12. The highest BCUT2D eigenvalue weighted by Gasteiger charge is 2.18. The molecule has 2 rings (SSSR count). The van der Waals surface area contributed by atoms with Gasteiger partial charge in [-0.3, -0.25) is 9.59 Å². The van der Waals surface area contributed by atoms with Gasteiger partial charge >= 0.3 is 0 Å². The molecular formula is C17H15Cl2IN2O3. The number of benzene rings is 2. The number of anilines is 1. The van der Waals surface area contributed by atoms with Gasteiger partial charge < -0.3 is 15.0 Å². The predicted octanol–water partition coefficient (Wildman–Crippen LogP) is 4.32. The molecule has 132 valence electrons. The molecule has 0 aliphatic carbocycles. The first-order valence-electron chi connectivity index (χ1n) is 7.15. The summed E-state index contributed by atoms with van der Waals surface area (Å²) in [4.78, 5) is 26.1. The van der Waals surface area contributed by atoms with Gasteiger partial charge in [-0.1, -0.05) is 23.2 Å². The van der Waals surface area contributed by atoms with E-state index in [1.165, 1.54) is 12.0 Å². The zero-order chi connectivity index (χ0) is 18.6. The molecule has 0 radical (unpaired) electrons. The molecule has 0 aromatic heterocycles. The minimum Gasteiger partial charge on any atom is -0.495 e. The molecule has 0 fully saturated rings. The Bertz CT molecular complexity index is 814. The lowest BCUT2D eigenvalue weighted by Crippen LogP contribution is -2.35. The number of carbonyl (C=O) groups is 2. The maximum Gasteiger partial charge on any atom is 0.255 e. The number of rotatable bonds is 5. The number of likely N-dealkylation sites (N-methyl/N-ethyl adjacent to an activating group) is 1. The molecule has 25 heavy (non-hydrogen) atoms. The fraction of sp³-hybridized carbons (Fsp3) is 0.176. The third-order valence-electron chi connectivity index (χ3n) is 3.32. The number of methoxy groups -OCH3 is 1. The van der Waals surface area contributed by atoms with Crippen molar-refractivity contribution in [3.05, 3.63) is 55.6 Å². The molecule has 2 aromatic rings. The second kappa shape index (κ2) is 8.73. The van der Waals surface area contributed by atoms with E-state index < -0.39 is 0 Å². The van der Waals surface area contributed by atoms with Crippen LogP contribution in [0.15, 0.2) is 36.4 Å². The molecule has 0 heterocycles. The molecule has 0 atom stereocenters. The van der Waals surface area contributed by atoms with E-state index >= 15 is 0 Å². The minimum atomic E-state index is -0.361. The third-order valence-corrected chi connectivity index (χ3v) is 4.69. The predicted molar refractivity (Wildman–Crippen MR) is 108 cm³/mol. The number of nitrogens with zero attached hydrogens (tertiary/aromatic N) is 1. The van der Waals surface area contributed by atoms with E-state index in [-0.39, 0.29) is 18.4 Å². The average Bonchev–Trinajstić information content (AvgIpc) is 2.54. The highest BCUT2D eigenvalue weighted by molar-refractivity contribution is 14.1. The third kappa shape index (κ3) is 5.23. The Labute approximate surface area is 169 Å². The second-order valence-electron chi connectivity index (χ2n) is 5.18. The van der Waals surface area contributed by atoms with Crippen LogP contribution in [0.3, 0.4) is 0 Å². The summed E-state index contributed by atoms with van der Waals surface area (Å²) >= 11 is 13.9. The first kappa shape index (κ1) is 19.8. The van der Waals surface area contributed by atoms with E-state index in [2.05, 4.69) is 5.32 Å². The van der Waals surface area contributed by atoms with Gasteiger partial charge in [0.2, 0.25) is 5.91 Å². The first-order chi connectivity index (χ1) is 11.8. The first-order valence-corrected chi connectivity index (χ1v) is 8.99. The van der Waals surface area contributed by atoms with Crippen molar-refractivity contribution in [1.29, 1.82) is 0 Å². The summed E-state index contributed by atoms with van der Waals surface area (Å²) in [6.07, 6.45) is 0. The normalized spacial score (nSPS) is 10.3. The van der Waals surface area contributed by atoms with Crippen LogP contribution in [0.4, 0.5) is 5.69 Å². The molecule has 2 amide bonds. The van der Waals surface area contributed by atoms with E-state index in [1.807, 2.05) is 22.6 Å². The van der Waals surface area contributed by atoms with E-state index in [0.717, 1.165) is 3.57 Å². The SMILES string of the molecule is COc1ccc(Cl)cc1NC(=O)CN(C)C(=O)c1ccc(Cl)cc1I. The number of carbonyl (C=O) groups excluding carboxylic acids is 2. The van der Waals surface area contributed by atoms with Gasteiger partial charge in [0.25, 0.3) is 5.91 Å². The summed E-state index contributed by atoms with van der Waals surface area (Å²) < 4.78 is 5.90. The second-order valence-corrected chi connectivity index (χ2v) is 7.21. The van der Waals surface area contributed by atoms with Crippen LogP contribution in [-0.2, 0) is 4.79 Å². The maximum atomic E-state index is 12.5. The number of ether oxygens (including phenoxy) is 1. The van der Waals surface area contributed by atoms with Gasteiger partial charge in [0, 0.05) is 20.7 Å². The van der Waals surface area contributed by atoms with Crippen molar-refractivity contribution in [3.63, 3.8) is 0 Å². The van der Waals surface area contributed by atoms with Crippen molar-refractivity contribution in [2.75, 3.05) is 26.0 Å². The van der Waals surface area contributed by atoms with Gasteiger partial charge in [-0.25, -0.2) is 0 Å². The number of hydrogen-bond donors (Lipinski definition) is 1. The Morgan fingerprint density at radius 2 is 1.80 bits per heavy atom. The largest absolute Gasteiger partial charge is 0.495 e. The molecule has 0 unspecified atom stereocenters. The smallest absolute Gasteiger partial charge is 0.255 e. The molecule has 8 heteroatoms. The van der Waals surface area contributed by atoms with E-state index in [9.17, 15) is 9.59 Å². The number of nitrogens with one attached hydrogen (secondary N) is 1. The highest BCUT2D eigenvalue weighted by Crippen LogP contribution is 2.27. The van der Waals surface area contributed by atoms with Gasteiger partial charge in [0.05, 0.1) is 24.9 Å². The Hall–Kier alpha value is -1.51. The molecule has 1 N–H and O–H groups in total. The minimum absolute atomic E-state index is 0.118. The monoisotopic (exact) mass is 492 g/mol. The van der Waals surface area contributed by atoms with Gasteiger partial charge in [-0.15, -0.1) is 0 Å². The van der Waals surface area contributed by atoms with Crippen molar-refractivity contribution in [1.82, 2.24) is 4.90 Å². The standard InChI is InChI=1S/C17H15Cl2IN2O3/c1-22(17(24)12-5-3-10(18)7-13(12)20)9-16(23)21-14-8-11(19)4-6-15(14)25-2/h3-8H,9H2,1-2H3,(H,21,23). The van der Waals surface area contributed by atoms with Crippen LogP contribution in [0.25, 0.3) is 0 Å². The van der Waals surface area contributed by atoms with Crippen molar-refractivity contribution >= 4 is 63.3 Å². The maximum absolute atomic E-state index is 12.5. The quantitative estimate of drug-likeness (QED) is 0.632. The van der Waals surface area contributed by atoms with Crippen LogP contribution in [0, 0.1) is 3.57 Å². The summed E-state index contributed by atoms with van der Waals surface area (Å²) in [5.41, 5.74) is 0.933. The summed E-state index contributed by atoms with van der Waals surface area (Å²) in [6, 6.07) is 9.88. The number of amides is 2. The molecule has 0 spiro atoms. The molecule has 0 saturated heterocycles. The summed E-state index contributed by atoms with van der Waals surface area (Å²) in [5.74, 6) is -0.145. The van der Waals surface area contributed by atoms with E-state index in [4.69, 9.17) is 27.9 Å². The molecular weight excluding hydrogens is 478 g/mol. The lowest BCUT2D eigenvalue weighted by Gasteiger charge is -2.18. The highest BCUT2D eigenvalue weighted by atomic mass is 127. The van der Waals surface area contributed by atoms with Crippen LogP contribution < -0.4 is 10.1 Å². The fourth-order valence-corrected chi connectivity index (χ4v) is 3.40. The molecule has 5 nitrogen and oxygen atoms in total. The Morgan fingerprint density at radius 3 is 2.44 bits per heavy atom. The number of hydrogen-bond acceptors (Lipinski definition) is 3. The molecule has 2 aromatic carbocycles. The topological polar surface area (TPSA) is 58.6 Å². The summed E-state index contributed by atoms with van der Waals surface area (Å²) in [7, 11) is 3.05. The van der Waals surface area contributed by atoms with Gasteiger partial charge in [-0.05, 0) is 59.0 Å². The van der Waals surface area contributed by atoms with Crippen LogP contribution in [-0.4, -0.2) is 37.4 Å². The molecule has 0 bridgehead atoms. The Balaban J connectivity index is 2.07. The van der Waals surface area contributed by atoms with Crippen molar-refractivity contribution in [3.8, 4) is 5.75 Å². The molecule has 0 aliphatic rings. The summed E-state index contributed by atoms with van der Waals surface area (Å²) in [5, 5.41) is 3.72. The van der Waals surface area contributed by atoms with Crippen LogP contribution >= 0.6 is 45.8 Å². The van der Waals surface area contributed by atoms with Crippen LogP contribution in [0.1, 0.15) is 10.4 Å². The Kier molecular flexibility index (Phi) is 6.92. The molecule has 0 aliphatic heterocycles. The summed E-state index contributed by atoms with van der Waals surface area (Å²) in [6.45, 7) is -0.118. The van der Waals surface area contributed by atoms with Gasteiger partial charge in [-0.2, -0.15) is 0 Å². The van der Waals surface area contributed by atoms with Crippen molar-refractivity contribution < 1.29 is 14.3 Å². The lowest BCUT2D eigenvalue weighted by molar-refractivity contribution is -0.116. The van der Waals surface area contributed by atoms with Crippen LogP contribution in [0.2, 0.25) is 10.0 Å². The van der Waals surface area contributed by atoms with E-state index in [0.29, 0.717) is 27.0 Å². The zero-order valence-corrected chi connectivity index (χ0v) is 17.1. The van der Waals surface area contributed by atoms with E-state index in [1.54, 1.807) is 43.4 Å². The zero-order valence-electron chi connectivity index (χ0n) is 13.5. The lowest BCUT2D eigenvalue weighted by atomic mass is 10.2. The molecule has 0 saturated carbocycles. The van der Waals surface area contributed by atoms with Crippen molar-refractivity contribution in [2.45, 2.75) is 0 Å². The van der Waals surface area contributed by atoms with Gasteiger partial charge in [0.15, 0.2) is 0 Å². The average molecular weight is 493 g/mol. The Morgan fingerprint density at radius 1 is 1.16 bits per heavy atom. The van der Waals surface area contributed by atoms with Crippen molar-refractivity contribution in [2.24, 2.45) is 0 Å². The van der Waals surface area contributed by atoms with Gasteiger partial charge in [0.1, 0.15) is 5.75 Å². The number of halogens is 3.